The summed E-state index contributed by atoms with van der Waals surface area (Å²) in [5, 5.41) is 19.3. The van der Waals surface area contributed by atoms with Crippen LogP contribution in [0.25, 0.3) is 0 Å². The topological polar surface area (TPSA) is 57.5 Å². The van der Waals surface area contributed by atoms with Crippen molar-refractivity contribution in [2.24, 2.45) is 11.8 Å². The second-order valence-electron chi connectivity index (χ2n) is 5.38. The molecule has 2 saturated carbocycles. The zero-order valence-electron chi connectivity index (χ0n) is 9.77. The first kappa shape index (κ1) is 12.1. The average Bonchev–Trinajstić information content (AvgIpc) is 2.29. The van der Waals surface area contributed by atoms with Crippen molar-refractivity contribution < 1.29 is 15.0 Å². The van der Waals surface area contributed by atoms with Crippen molar-refractivity contribution >= 4 is 5.78 Å². The quantitative estimate of drug-likeness (QED) is 0.753. The van der Waals surface area contributed by atoms with Gasteiger partial charge in [0.05, 0.1) is 12.2 Å². The van der Waals surface area contributed by atoms with Crippen molar-refractivity contribution in [2.75, 3.05) is 0 Å². The lowest BCUT2D eigenvalue weighted by atomic mass is 9.75. The number of hydrogen-bond donors (Lipinski definition) is 2. The van der Waals surface area contributed by atoms with Crippen LogP contribution in [-0.2, 0) is 4.79 Å². The van der Waals surface area contributed by atoms with E-state index < -0.39 is 12.2 Å². The van der Waals surface area contributed by atoms with E-state index in [4.69, 9.17) is 0 Å². The predicted molar refractivity (Wildman–Crippen MR) is 60.9 cm³/mol. The minimum Gasteiger partial charge on any atom is -0.393 e. The van der Waals surface area contributed by atoms with Gasteiger partial charge in [0.15, 0.2) is 0 Å². The minimum absolute atomic E-state index is 0.184. The maximum atomic E-state index is 12.2. The maximum Gasteiger partial charge on any atom is 0.141 e. The summed E-state index contributed by atoms with van der Waals surface area (Å²) >= 11 is 0. The molecule has 0 spiro atoms. The Kier molecular flexibility index (Phi) is 3.98. The molecule has 0 heterocycles. The van der Waals surface area contributed by atoms with Gasteiger partial charge in [0.2, 0.25) is 0 Å². The average molecular weight is 226 g/mol. The number of carbonyl (C=O) groups excluding carboxylic acids is 1. The molecule has 3 nitrogen and oxygen atoms in total. The summed E-state index contributed by atoms with van der Waals surface area (Å²) in [4.78, 5) is 12.2. The van der Waals surface area contributed by atoms with Gasteiger partial charge in [-0.25, -0.2) is 0 Å². The van der Waals surface area contributed by atoms with E-state index in [0.717, 1.165) is 25.7 Å². The molecule has 2 aliphatic carbocycles. The van der Waals surface area contributed by atoms with Crippen LogP contribution in [0, 0.1) is 11.8 Å². The lowest BCUT2D eigenvalue weighted by Gasteiger charge is -2.33. The number of Topliss-reactive ketones (excluding diaryl/α,β-unsaturated/α-hetero) is 1. The van der Waals surface area contributed by atoms with Crippen LogP contribution in [0.2, 0.25) is 0 Å². The molecule has 0 aromatic carbocycles. The molecule has 0 radical (unpaired) electrons. The smallest absolute Gasteiger partial charge is 0.141 e. The summed E-state index contributed by atoms with van der Waals surface area (Å²) in [6, 6.07) is 0. The van der Waals surface area contributed by atoms with Gasteiger partial charge in [0.1, 0.15) is 5.78 Å². The zero-order valence-corrected chi connectivity index (χ0v) is 9.77. The van der Waals surface area contributed by atoms with Crippen LogP contribution in [0.5, 0.6) is 0 Å². The number of aliphatic hydroxyl groups is 2. The minimum atomic E-state index is -0.613. The van der Waals surface area contributed by atoms with Crippen LogP contribution >= 0.6 is 0 Å². The standard InChI is InChI=1S/C13H22O3/c14-10-6-7-11(12(15)8-10)13(16)9-4-2-1-3-5-9/h9-12,14-15H,1-8H2. The van der Waals surface area contributed by atoms with Gasteiger partial charge in [-0.3, -0.25) is 4.79 Å². The summed E-state index contributed by atoms with van der Waals surface area (Å²) < 4.78 is 0. The first-order chi connectivity index (χ1) is 7.68. The first-order valence-electron chi connectivity index (χ1n) is 6.58. The van der Waals surface area contributed by atoms with Gasteiger partial charge in [-0.15, -0.1) is 0 Å². The number of ketones is 1. The monoisotopic (exact) mass is 226 g/mol. The summed E-state index contributed by atoms with van der Waals surface area (Å²) in [6.45, 7) is 0. The van der Waals surface area contributed by atoms with Crippen molar-refractivity contribution in [3.05, 3.63) is 0 Å². The van der Waals surface area contributed by atoms with Crippen LogP contribution < -0.4 is 0 Å². The van der Waals surface area contributed by atoms with E-state index in [1.54, 1.807) is 0 Å². The summed E-state index contributed by atoms with van der Waals surface area (Å²) in [7, 11) is 0. The molecule has 2 aliphatic rings. The fourth-order valence-corrected chi connectivity index (χ4v) is 3.15. The third-order valence-corrected chi connectivity index (χ3v) is 4.16. The molecule has 0 aliphatic heterocycles. The van der Waals surface area contributed by atoms with E-state index in [1.165, 1.54) is 6.42 Å². The molecular formula is C13H22O3. The van der Waals surface area contributed by atoms with Crippen molar-refractivity contribution in [1.29, 1.82) is 0 Å². The highest BCUT2D eigenvalue weighted by atomic mass is 16.3. The van der Waals surface area contributed by atoms with Gasteiger partial charge in [0.25, 0.3) is 0 Å². The molecule has 0 aromatic heterocycles. The molecule has 0 saturated heterocycles. The molecule has 16 heavy (non-hydrogen) atoms. The lowest BCUT2D eigenvalue weighted by molar-refractivity contribution is -0.134. The van der Waals surface area contributed by atoms with E-state index in [9.17, 15) is 15.0 Å². The van der Waals surface area contributed by atoms with Crippen LogP contribution in [0.4, 0.5) is 0 Å². The Hall–Kier alpha value is -0.410. The Morgan fingerprint density at radius 3 is 2.25 bits per heavy atom. The van der Waals surface area contributed by atoms with Crippen molar-refractivity contribution in [2.45, 2.75) is 63.6 Å². The van der Waals surface area contributed by atoms with Crippen molar-refractivity contribution in [3.8, 4) is 0 Å². The van der Waals surface area contributed by atoms with E-state index in [-0.39, 0.29) is 17.6 Å². The predicted octanol–water partition coefficient (Wildman–Crippen LogP) is 1.66. The van der Waals surface area contributed by atoms with Crippen molar-refractivity contribution in [3.63, 3.8) is 0 Å². The molecule has 2 fully saturated rings. The van der Waals surface area contributed by atoms with E-state index >= 15 is 0 Å². The van der Waals surface area contributed by atoms with Crippen molar-refractivity contribution in [1.82, 2.24) is 0 Å². The summed E-state index contributed by atoms with van der Waals surface area (Å²) in [5.41, 5.74) is 0. The summed E-state index contributed by atoms with van der Waals surface area (Å²) in [5.74, 6) is 0.245. The van der Waals surface area contributed by atoms with Gasteiger partial charge < -0.3 is 10.2 Å². The molecular weight excluding hydrogens is 204 g/mol. The molecule has 0 bridgehead atoms. The van der Waals surface area contributed by atoms with Crippen LogP contribution in [0.15, 0.2) is 0 Å². The normalized spacial score (nSPS) is 37.2. The number of hydrogen-bond acceptors (Lipinski definition) is 3. The number of carbonyl (C=O) groups is 1. The van der Waals surface area contributed by atoms with Crippen LogP contribution in [-0.4, -0.2) is 28.2 Å². The third-order valence-electron chi connectivity index (χ3n) is 4.16. The highest BCUT2D eigenvalue weighted by Crippen LogP contribution is 2.32. The van der Waals surface area contributed by atoms with Gasteiger partial charge in [-0.05, 0) is 32.1 Å². The molecule has 0 amide bonds. The van der Waals surface area contributed by atoms with E-state index in [1.807, 2.05) is 0 Å². The molecule has 0 aromatic rings. The molecule has 92 valence electrons. The first-order valence-corrected chi connectivity index (χ1v) is 6.58. The fraction of sp³-hybridized carbons (Fsp3) is 0.923. The third kappa shape index (κ3) is 2.64. The lowest BCUT2D eigenvalue weighted by Crippen LogP contribution is -2.39. The Morgan fingerprint density at radius 1 is 0.938 bits per heavy atom. The molecule has 3 heteroatoms. The Labute approximate surface area is 96.9 Å². The Bertz CT molecular complexity index is 246. The molecule has 2 N–H and O–H groups in total. The van der Waals surface area contributed by atoms with Gasteiger partial charge in [0, 0.05) is 11.8 Å². The fourth-order valence-electron chi connectivity index (χ4n) is 3.15. The highest BCUT2D eigenvalue weighted by molar-refractivity contribution is 5.84. The SMILES string of the molecule is O=C(C1CCCCC1)C1CCC(O)CC1O. The summed E-state index contributed by atoms with van der Waals surface area (Å²) in [6.07, 6.45) is 6.25. The van der Waals surface area contributed by atoms with E-state index in [2.05, 4.69) is 0 Å². The molecule has 3 atom stereocenters. The zero-order chi connectivity index (χ0) is 11.5. The molecule has 3 unspecified atom stereocenters. The van der Waals surface area contributed by atoms with Crippen LogP contribution in [0.1, 0.15) is 51.4 Å². The second kappa shape index (κ2) is 5.28. The largest absolute Gasteiger partial charge is 0.393 e. The highest BCUT2D eigenvalue weighted by Gasteiger charge is 2.36. The molecule has 2 rings (SSSR count). The van der Waals surface area contributed by atoms with Crippen LogP contribution in [0.3, 0.4) is 0 Å². The number of rotatable bonds is 2. The van der Waals surface area contributed by atoms with Gasteiger partial charge >= 0.3 is 0 Å². The van der Waals surface area contributed by atoms with E-state index in [0.29, 0.717) is 19.3 Å². The maximum absolute atomic E-state index is 12.2. The van der Waals surface area contributed by atoms with Gasteiger partial charge in [-0.2, -0.15) is 0 Å². The number of aliphatic hydroxyl groups excluding tert-OH is 2. The second-order valence-corrected chi connectivity index (χ2v) is 5.38. The Morgan fingerprint density at radius 2 is 1.62 bits per heavy atom. The van der Waals surface area contributed by atoms with Gasteiger partial charge in [-0.1, -0.05) is 19.3 Å². The Balaban J connectivity index is 1.92.